The molecule has 0 bridgehead atoms. The molecular weight excluding hydrogens is 292 g/mol. The second-order valence-electron chi connectivity index (χ2n) is 4.95. The monoisotopic (exact) mass is 314 g/mol. The molecular formula is C15H23ClN2O3. The van der Waals surface area contributed by atoms with Gasteiger partial charge in [-0.1, -0.05) is 25.4 Å². The van der Waals surface area contributed by atoms with E-state index in [1.807, 2.05) is 0 Å². The molecule has 6 heteroatoms. The van der Waals surface area contributed by atoms with Crippen molar-refractivity contribution in [1.29, 1.82) is 0 Å². The van der Waals surface area contributed by atoms with Crippen molar-refractivity contribution in [3.63, 3.8) is 0 Å². The van der Waals surface area contributed by atoms with E-state index in [-0.39, 0.29) is 5.91 Å². The van der Waals surface area contributed by atoms with E-state index in [0.717, 1.165) is 13.0 Å². The highest BCUT2D eigenvalue weighted by atomic mass is 35.5. The molecule has 21 heavy (non-hydrogen) atoms. The van der Waals surface area contributed by atoms with Gasteiger partial charge in [-0.3, -0.25) is 4.79 Å². The van der Waals surface area contributed by atoms with Crippen LogP contribution in [0.3, 0.4) is 0 Å². The molecule has 118 valence electrons. The minimum absolute atomic E-state index is 0.0694. The number of nitrogens with one attached hydrogen (secondary N) is 2. The summed E-state index contributed by atoms with van der Waals surface area (Å²) in [4.78, 5) is 11.9. The zero-order valence-corrected chi connectivity index (χ0v) is 13.7. The minimum atomic E-state index is -0.0694. The summed E-state index contributed by atoms with van der Waals surface area (Å²) < 4.78 is 10.4. The third-order valence-corrected chi connectivity index (χ3v) is 3.18. The second-order valence-corrected chi connectivity index (χ2v) is 5.35. The van der Waals surface area contributed by atoms with Crippen LogP contribution in [-0.4, -0.2) is 32.7 Å². The molecule has 1 aromatic carbocycles. The average Bonchev–Trinajstić information content (AvgIpc) is 2.43. The van der Waals surface area contributed by atoms with E-state index >= 15 is 0 Å². The standard InChI is InChI=1S/C15H23ClN2O3/c1-10(2)17-7-5-6-15(19)18-12-8-11(16)13(20-3)9-14(12)21-4/h8-10,17H,5-7H2,1-4H3,(H,18,19). The Morgan fingerprint density at radius 1 is 1.24 bits per heavy atom. The Hall–Kier alpha value is -1.46. The van der Waals surface area contributed by atoms with Crippen molar-refractivity contribution in [2.24, 2.45) is 0 Å². The van der Waals surface area contributed by atoms with Crippen molar-refractivity contribution in [3.8, 4) is 11.5 Å². The maximum Gasteiger partial charge on any atom is 0.224 e. The maximum atomic E-state index is 11.9. The molecule has 0 aliphatic heterocycles. The van der Waals surface area contributed by atoms with Crippen molar-refractivity contribution in [3.05, 3.63) is 17.2 Å². The third kappa shape index (κ3) is 5.81. The Morgan fingerprint density at radius 2 is 1.90 bits per heavy atom. The van der Waals surface area contributed by atoms with Gasteiger partial charge in [-0.05, 0) is 19.0 Å². The predicted octanol–water partition coefficient (Wildman–Crippen LogP) is 3.07. The summed E-state index contributed by atoms with van der Waals surface area (Å²) in [5.74, 6) is 0.956. The molecule has 0 aliphatic carbocycles. The Kier molecular flexibility index (Phi) is 7.32. The summed E-state index contributed by atoms with van der Waals surface area (Å²) in [5.41, 5.74) is 0.546. The summed E-state index contributed by atoms with van der Waals surface area (Å²) >= 11 is 6.06. The van der Waals surface area contributed by atoms with Crippen molar-refractivity contribution < 1.29 is 14.3 Å². The molecule has 0 saturated heterocycles. The van der Waals surface area contributed by atoms with E-state index in [0.29, 0.717) is 34.7 Å². The van der Waals surface area contributed by atoms with Crippen LogP contribution in [0.15, 0.2) is 12.1 Å². The van der Waals surface area contributed by atoms with Gasteiger partial charge in [0.25, 0.3) is 0 Å². The van der Waals surface area contributed by atoms with E-state index in [9.17, 15) is 4.79 Å². The molecule has 0 aliphatic rings. The number of anilines is 1. The summed E-state index contributed by atoms with van der Waals surface area (Å²) in [5, 5.41) is 6.51. The van der Waals surface area contributed by atoms with Gasteiger partial charge in [0.05, 0.1) is 24.9 Å². The van der Waals surface area contributed by atoms with Gasteiger partial charge in [0, 0.05) is 18.5 Å². The number of rotatable bonds is 8. The zero-order valence-electron chi connectivity index (χ0n) is 13.0. The lowest BCUT2D eigenvalue weighted by Gasteiger charge is -2.13. The molecule has 0 atom stereocenters. The lowest BCUT2D eigenvalue weighted by molar-refractivity contribution is -0.116. The predicted molar refractivity (Wildman–Crippen MR) is 85.6 cm³/mol. The molecule has 1 amide bonds. The molecule has 0 unspecified atom stereocenters. The van der Waals surface area contributed by atoms with Gasteiger partial charge in [-0.2, -0.15) is 0 Å². The molecule has 0 aromatic heterocycles. The van der Waals surface area contributed by atoms with Crippen molar-refractivity contribution >= 4 is 23.2 Å². The van der Waals surface area contributed by atoms with Crippen LogP contribution in [0.5, 0.6) is 11.5 Å². The molecule has 5 nitrogen and oxygen atoms in total. The molecule has 1 rings (SSSR count). The number of hydrogen-bond donors (Lipinski definition) is 2. The van der Waals surface area contributed by atoms with E-state index in [4.69, 9.17) is 21.1 Å². The fourth-order valence-electron chi connectivity index (χ4n) is 1.81. The summed E-state index contributed by atoms with van der Waals surface area (Å²) in [6, 6.07) is 3.70. The number of carbonyl (C=O) groups is 1. The van der Waals surface area contributed by atoms with Crippen LogP contribution in [0.4, 0.5) is 5.69 Å². The normalized spacial score (nSPS) is 10.6. The van der Waals surface area contributed by atoms with E-state index in [1.54, 1.807) is 12.1 Å². The fraction of sp³-hybridized carbons (Fsp3) is 0.533. The topological polar surface area (TPSA) is 59.6 Å². The first kappa shape index (κ1) is 17.6. The number of methoxy groups -OCH3 is 2. The molecule has 0 fully saturated rings. The van der Waals surface area contributed by atoms with Gasteiger partial charge >= 0.3 is 0 Å². The SMILES string of the molecule is COc1cc(OC)c(NC(=O)CCCNC(C)C)cc1Cl. The molecule has 2 N–H and O–H groups in total. The average molecular weight is 315 g/mol. The van der Waals surface area contributed by atoms with Crippen LogP contribution in [0, 0.1) is 0 Å². The van der Waals surface area contributed by atoms with Crippen LogP contribution in [0.25, 0.3) is 0 Å². The van der Waals surface area contributed by atoms with Crippen molar-refractivity contribution in [2.45, 2.75) is 32.7 Å². The second kappa shape index (κ2) is 8.74. The first-order valence-electron chi connectivity index (χ1n) is 6.92. The molecule has 0 heterocycles. The van der Waals surface area contributed by atoms with E-state index < -0.39 is 0 Å². The van der Waals surface area contributed by atoms with Crippen LogP contribution in [0.1, 0.15) is 26.7 Å². The molecule has 1 aromatic rings. The van der Waals surface area contributed by atoms with Crippen molar-refractivity contribution in [1.82, 2.24) is 5.32 Å². The molecule has 0 saturated carbocycles. The number of ether oxygens (including phenoxy) is 2. The summed E-state index contributed by atoms with van der Waals surface area (Å²) in [7, 11) is 3.06. The largest absolute Gasteiger partial charge is 0.495 e. The Bertz CT molecular complexity index is 478. The Labute approximate surface area is 131 Å². The number of amides is 1. The highest BCUT2D eigenvalue weighted by Crippen LogP contribution is 2.35. The van der Waals surface area contributed by atoms with E-state index in [2.05, 4.69) is 24.5 Å². The quantitative estimate of drug-likeness (QED) is 0.724. The van der Waals surface area contributed by atoms with Gasteiger partial charge in [-0.25, -0.2) is 0 Å². The van der Waals surface area contributed by atoms with Crippen LogP contribution in [-0.2, 0) is 4.79 Å². The Morgan fingerprint density at radius 3 is 2.48 bits per heavy atom. The minimum Gasteiger partial charge on any atom is -0.495 e. The number of halogens is 1. The zero-order chi connectivity index (χ0) is 15.8. The van der Waals surface area contributed by atoms with Crippen LogP contribution < -0.4 is 20.1 Å². The first-order valence-corrected chi connectivity index (χ1v) is 7.30. The first-order chi connectivity index (χ1) is 9.97. The fourth-order valence-corrected chi connectivity index (χ4v) is 2.05. The number of carbonyl (C=O) groups excluding carboxylic acids is 1. The lowest BCUT2D eigenvalue weighted by atomic mass is 10.2. The van der Waals surface area contributed by atoms with Crippen LogP contribution in [0.2, 0.25) is 5.02 Å². The molecule has 0 spiro atoms. The summed E-state index contributed by atoms with van der Waals surface area (Å²) in [6.45, 7) is 4.96. The van der Waals surface area contributed by atoms with Gasteiger partial charge in [0.1, 0.15) is 11.5 Å². The van der Waals surface area contributed by atoms with E-state index in [1.165, 1.54) is 14.2 Å². The number of hydrogen-bond acceptors (Lipinski definition) is 4. The van der Waals surface area contributed by atoms with Gasteiger partial charge in [0.15, 0.2) is 0 Å². The molecule has 0 radical (unpaired) electrons. The number of benzene rings is 1. The Balaban J connectivity index is 2.61. The summed E-state index contributed by atoms with van der Waals surface area (Å²) in [6.07, 6.45) is 1.21. The lowest BCUT2D eigenvalue weighted by Crippen LogP contribution is -2.24. The highest BCUT2D eigenvalue weighted by Gasteiger charge is 2.12. The third-order valence-electron chi connectivity index (χ3n) is 2.88. The highest BCUT2D eigenvalue weighted by molar-refractivity contribution is 6.32. The maximum absolute atomic E-state index is 11.9. The van der Waals surface area contributed by atoms with Crippen molar-refractivity contribution in [2.75, 3.05) is 26.1 Å². The van der Waals surface area contributed by atoms with Gasteiger partial charge in [0.2, 0.25) is 5.91 Å². The van der Waals surface area contributed by atoms with Crippen LogP contribution >= 0.6 is 11.6 Å². The van der Waals surface area contributed by atoms with Gasteiger partial charge in [-0.15, -0.1) is 0 Å². The van der Waals surface area contributed by atoms with Gasteiger partial charge < -0.3 is 20.1 Å². The smallest absolute Gasteiger partial charge is 0.224 e.